The van der Waals surface area contributed by atoms with Crippen molar-refractivity contribution in [3.8, 4) is 0 Å². The molecule has 3 heteroatoms. The molecule has 84 valence electrons. The van der Waals surface area contributed by atoms with Gasteiger partial charge in [0.05, 0.1) is 12.5 Å². The molecule has 1 atom stereocenters. The zero-order chi connectivity index (χ0) is 11.1. The third kappa shape index (κ3) is 4.09. The van der Waals surface area contributed by atoms with Crippen molar-refractivity contribution in [2.45, 2.75) is 33.6 Å². The molecule has 0 radical (unpaired) electrons. The van der Waals surface area contributed by atoms with Gasteiger partial charge in [-0.15, -0.1) is 0 Å². The Morgan fingerprint density at radius 3 is 2.36 bits per heavy atom. The van der Waals surface area contributed by atoms with Gasteiger partial charge in [0, 0.05) is 13.6 Å². The Balaban J connectivity index is 4.13. The second-order valence-corrected chi connectivity index (χ2v) is 4.15. The molecule has 0 bridgehead atoms. The van der Waals surface area contributed by atoms with Gasteiger partial charge in [0.25, 0.3) is 0 Å². The van der Waals surface area contributed by atoms with Crippen molar-refractivity contribution < 1.29 is 9.90 Å². The van der Waals surface area contributed by atoms with Crippen LogP contribution in [-0.4, -0.2) is 36.1 Å². The van der Waals surface area contributed by atoms with E-state index in [-0.39, 0.29) is 24.3 Å². The van der Waals surface area contributed by atoms with E-state index in [1.165, 1.54) is 0 Å². The molecule has 0 spiro atoms. The Bertz CT molecular complexity index is 169. The van der Waals surface area contributed by atoms with E-state index in [4.69, 9.17) is 5.11 Å². The summed E-state index contributed by atoms with van der Waals surface area (Å²) in [7, 11) is 1.81. The third-order valence-corrected chi connectivity index (χ3v) is 2.54. The van der Waals surface area contributed by atoms with Crippen LogP contribution in [0, 0.1) is 11.8 Å². The smallest absolute Gasteiger partial charge is 0.228 e. The molecule has 0 saturated carbocycles. The average molecular weight is 201 g/mol. The van der Waals surface area contributed by atoms with Crippen LogP contribution in [0.4, 0.5) is 0 Å². The third-order valence-electron chi connectivity index (χ3n) is 2.54. The molecule has 0 saturated heterocycles. The Hall–Kier alpha value is -0.570. The molecular weight excluding hydrogens is 178 g/mol. The van der Waals surface area contributed by atoms with E-state index in [0.717, 1.165) is 19.4 Å². The van der Waals surface area contributed by atoms with E-state index < -0.39 is 0 Å². The van der Waals surface area contributed by atoms with Crippen molar-refractivity contribution in [1.82, 2.24) is 4.90 Å². The fourth-order valence-corrected chi connectivity index (χ4v) is 1.36. The first kappa shape index (κ1) is 13.4. The lowest BCUT2D eigenvalue weighted by molar-refractivity contribution is -0.137. The van der Waals surface area contributed by atoms with Gasteiger partial charge in [-0.05, 0) is 12.3 Å². The zero-order valence-corrected chi connectivity index (χ0v) is 9.79. The Kier molecular flexibility index (Phi) is 6.54. The second kappa shape index (κ2) is 6.82. The number of carbonyl (C=O) groups is 1. The molecule has 0 aromatic heterocycles. The van der Waals surface area contributed by atoms with Gasteiger partial charge >= 0.3 is 0 Å². The lowest BCUT2D eigenvalue weighted by atomic mass is 9.95. The maximum Gasteiger partial charge on any atom is 0.228 e. The van der Waals surface area contributed by atoms with Crippen LogP contribution in [0.5, 0.6) is 0 Å². The normalized spacial score (nSPS) is 13.0. The molecule has 0 heterocycles. The van der Waals surface area contributed by atoms with Gasteiger partial charge in [-0.3, -0.25) is 4.79 Å². The Labute approximate surface area is 87.1 Å². The predicted octanol–water partition coefficient (Wildman–Crippen LogP) is 1.51. The lowest BCUT2D eigenvalue weighted by Crippen LogP contribution is -2.37. The highest BCUT2D eigenvalue weighted by atomic mass is 16.3. The SMILES string of the molecule is CCCCN(C)C(=O)C(CO)C(C)C. The number of hydrogen-bond acceptors (Lipinski definition) is 2. The highest BCUT2D eigenvalue weighted by molar-refractivity contribution is 5.78. The molecular formula is C11H23NO2. The minimum atomic E-state index is -0.239. The van der Waals surface area contributed by atoms with Gasteiger partial charge in [-0.25, -0.2) is 0 Å². The fourth-order valence-electron chi connectivity index (χ4n) is 1.36. The zero-order valence-electron chi connectivity index (χ0n) is 9.79. The molecule has 1 unspecified atom stereocenters. The molecule has 0 aliphatic carbocycles. The summed E-state index contributed by atoms with van der Waals surface area (Å²) in [5, 5.41) is 9.09. The number of rotatable bonds is 6. The maximum atomic E-state index is 11.8. The number of aliphatic hydroxyl groups excluding tert-OH is 1. The minimum absolute atomic E-state index is 0.0486. The second-order valence-electron chi connectivity index (χ2n) is 4.15. The average Bonchev–Trinajstić information content (AvgIpc) is 2.14. The van der Waals surface area contributed by atoms with Crippen LogP contribution in [0.25, 0.3) is 0 Å². The van der Waals surface area contributed by atoms with Crippen molar-refractivity contribution >= 4 is 5.91 Å². The number of hydrogen-bond donors (Lipinski definition) is 1. The van der Waals surface area contributed by atoms with Gasteiger partial charge in [0.2, 0.25) is 5.91 Å². The van der Waals surface area contributed by atoms with Gasteiger partial charge in [0.15, 0.2) is 0 Å². The number of carbonyl (C=O) groups excluding carboxylic acids is 1. The summed E-state index contributed by atoms with van der Waals surface area (Å²) in [5.41, 5.74) is 0. The van der Waals surface area contributed by atoms with Gasteiger partial charge in [-0.2, -0.15) is 0 Å². The molecule has 1 N–H and O–H groups in total. The van der Waals surface area contributed by atoms with Crippen LogP contribution < -0.4 is 0 Å². The van der Waals surface area contributed by atoms with Gasteiger partial charge < -0.3 is 10.0 Å². The summed E-state index contributed by atoms with van der Waals surface area (Å²) in [6, 6.07) is 0. The molecule has 0 fully saturated rings. The van der Waals surface area contributed by atoms with Crippen molar-refractivity contribution in [3.05, 3.63) is 0 Å². The molecule has 0 aromatic carbocycles. The van der Waals surface area contributed by atoms with Crippen molar-refractivity contribution in [2.24, 2.45) is 11.8 Å². The molecule has 0 aromatic rings. The standard InChI is InChI=1S/C11H23NO2/c1-5-6-7-12(4)11(14)10(8-13)9(2)3/h9-10,13H,5-8H2,1-4H3. The van der Waals surface area contributed by atoms with Crippen molar-refractivity contribution in [2.75, 3.05) is 20.2 Å². The summed E-state index contributed by atoms with van der Waals surface area (Å²) in [4.78, 5) is 13.5. The summed E-state index contributed by atoms with van der Waals surface area (Å²) < 4.78 is 0. The Morgan fingerprint density at radius 2 is 2.00 bits per heavy atom. The highest BCUT2D eigenvalue weighted by Crippen LogP contribution is 2.13. The van der Waals surface area contributed by atoms with Crippen LogP contribution in [0.3, 0.4) is 0 Å². The molecule has 0 aliphatic heterocycles. The van der Waals surface area contributed by atoms with E-state index in [1.54, 1.807) is 4.90 Å². The predicted molar refractivity (Wildman–Crippen MR) is 58.0 cm³/mol. The first-order valence-electron chi connectivity index (χ1n) is 5.40. The highest BCUT2D eigenvalue weighted by Gasteiger charge is 2.23. The number of nitrogens with zero attached hydrogens (tertiary/aromatic N) is 1. The minimum Gasteiger partial charge on any atom is -0.396 e. The fraction of sp³-hybridized carbons (Fsp3) is 0.909. The van der Waals surface area contributed by atoms with E-state index in [2.05, 4.69) is 6.92 Å². The molecule has 14 heavy (non-hydrogen) atoms. The number of amides is 1. The van der Waals surface area contributed by atoms with Crippen molar-refractivity contribution in [1.29, 1.82) is 0 Å². The molecule has 3 nitrogen and oxygen atoms in total. The van der Waals surface area contributed by atoms with Gasteiger partial charge in [0.1, 0.15) is 0 Å². The van der Waals surface area contributed by atoms with Crippen LogP contribution in [0.2, 0.25) is 0 Å². The topological polar surface area (TPSA) is 40.5 Å². The van der Waals surface area contributed by atoms with Crippen LogP contribution in [-0.2, 0) is 4.79 Å². The van der Waals surface area contributed by atoms with E-state index >= 15 is 0 Å². The first-order chi connectivity index (χ1) is 6.54. The number of aliphatic hydroxyl groups is 1. The summed E-state index contributed by atoms with van der Waals surface area (Å²) >= 11 is 0. The number of unbranched alkanes of at least 4 members (excludes halogenated alkanes) is 1. The summed E-state index contributed by atoms with van der Waals surface area (Å²) in [6.07, 6.45) is 2.11. The molecule has 0 rings (SSSR count). The Morgan fingerprint density at radius 1 is 1.43 bits per heavy atom. The maximum absolute atomic E-state index is 11.8. The van der Waals surface area contributed by atoms with E-state index in [9.17, 15) is 4.79 Å². The summed E-state index contributed by atoms with van der Waals surface area (Å²) in [6.45, 7) is 6.77. The largest absolute Gasteiger partial charge is 0.396 e. The monoisotopic (exact) mass is 201 g/mol. The van der Waals surface area contributed by atoms with Gasteiger partial charge in [-0.1, -0.05) is 27.2 Å². The quantitative estimate of drug-likeness (QED) is 0.707. The molecule has 0 aliphatic rings. The lowest BCUT2D eigenvalue weighted by Gasteiger charge is -2.24. The summed E-state index contributed by atoms with van der Waals surface area (Å²) in [5.74, 6) is 0.0318. The van der Waals surface area contributed by atoms with Crippen LogP contribution >= 0.6 is 0 Å². The van der Waals surface area contributed by atoms with Crippen molar-refractivity contribution in [3.63, 3.8) is 0 Å². The van der Waals surface area contributed by atoms with Crippen LogP contribution in [0.1, 0.15) is 33.6 Å². The van der Waals surface area contributed by atoms with E-state index in [0.29, 0.717) is 0 Å². The first-order valence-corrected chi connectivity index (χ1v) is 5.40. The van der Waals surface area contributed by atoms with E-state index in [1.807, 2.05) is 20.9 Å². The van der Waals surface area contributed by atoms with Crippen LogP contribution in [0.15, 0.2) is 0 Å². The molecule has 1 amide bonds.